The molecule has 1 aliphatic rings. The van der Waals surface area contributed by atoms with Crippen LogP contribution in [0.5, 0.6) is 5.88 Å². The molecule has 1 N–H and O–H groups in total. The van der Waals surface area contributed by atoms with Crippen molar-refractivity contribution in [2.45, 2.75) is 6.92 Å². The number of carbonyl (C=O) groups excluding carboxylic acids is 1. The van der Waals surface area contributed by atoms with E-state index in [0.717, 1.165) is 26.2 Å². The van der Waals surface area contributed by atoms with Gasteiger partial charge in [-0.1, -0.05) is 0 Å². The molecule has 0 radical (unpaired) electrons. The van der Waals surface area contributed by atoms with Crippen molar-refractivity contribution in [3.63, 3.8) is 0 Å². The average Bonchev–Trinajstić information content (AvgIpc) is 2.40. The number of nitrogens with one attached hydrogen (secondary N) is 1. The summed E-state index contributed by atoms with van der Waals surface area (Å²) >= 11 is 0. The molecule has 1 fully saturated rings. The van der Waals surface area contributed by atoms with E-state index in [1.165, 1.54) is 0 Å². The Hall–Kier alpha value is -1.62. The van der Waals surface area contributed by atoms with E-state index in [2.05, 4.69) is 10.3 Å². The van der Waals surface area contributed by atoms with Gasteiger partial charge in [-0.05, 0) is 13.0 Å². The number of ether oxygens (including phenoxy) is 1. The van der Waals surface area contributed by atoms with Gasteiger partial charge in [0.2, 0.25) is 5.88 Å². The van der Waals surface area contributed by atoms with E-state index in [9.17, 15) is 4.79 Å². The van der Waals surface area contributed by atoms with E-state index >= 15 is 0 Å². The van der Waals surface area contributed by atoms with Gasteiger partial charge < -0.3 is 15.0 Å². The van der Waals surface area contributed by atoms with Crippen LogP contribution >= 0.6 is 0 Å². The van der Waals surface area contributed by atoms with E-state index in [-0.39, 0.29) is 5.91 Å². The Labute approximate surface area is 101 Å². The number of pyridine rings is 1. The van der Waals surface area contributed by atoms with E-state index in [0.29, 0.717) is 18.1 Å². The normalized spacial score (nSPS) is 15.7. The standard InChI is InChI=1S/C12H17N3O2/c1-2-17-11-9-10(3-4-14-11)12(16)15-7-5-13-6-8-15/h3-4,9,13H,2,5-8H2,1H3. The van der Waals surface area contributed by atoms with Gasteiger partial charge in [0.05, 0.1) is 6.61 Å². The van der Waals surface area contributed by atoms with Crippen molar-refractivity contribution in [2.24, 2.45) is 0 Å². The van der Waals surface area contributed by atoms with Gasteiger partial charge in [-0.2, -0.15) is 0 Å². The lowest BCUT2D eigenvalue weighted by Gasteiger charge is -2.27. The largest absolute Gasteiger partial charge is 0.478 e. The monoisotopic (exact) mass is 235 g/mol. The van der Waals surface area contributed by atoms with Gasteiger partial charge in [-0.15, -0.1) is 0 Å². The Bertz CT molecular complexity index is 389. The Morgan fingerprint density at radius 3 is 3.00 bits per heavy atom. The molecular weight excluding hydrogens is 218 g/mol. The molecule has 92 valence electrons. The van der Waals surface area contributed by atoms with Crippen LogP contribution in [-0.4, -0.2) is 48.6 Å². The minimum Gasteiger partial charge on any atom is -0.478 e. The van der Waals surface area contributed by atoms with Crippen LogP contribution in [0.3, 0.4) is 0 Å². The highest BCUT2D eigenvalue weighted by molar-refractivity contribution is 5.94. The molecule has 2 rings (SSSR count). The van der Waals surface area contributed by atoms with Crippen molar-refractivity contribution in [2.75, 3.05) is 32.8 Å². The zero-order valence-electron chi connectivity index (χ0n) is 9.98. The molecule has 0 unspecified atom stereocenters. The van der Waals surface area contributed by atoms with Crippen LogP contribution in [0.25, 0.3) is 0 Å². The number of aromatic nitrogens is 1. The number of carbonyl (C=O) groups is 1. The lowest BCUT2D eigenvalue weighted by atomic mass is 10.2. The number of hydrogen-bond donors (Lipinski definition) is 1. The number of nitrogens with zero attached hydrogens (tertiary/aromatic N) is 2. The molecule has 0 saturated carbocycles. The molecule has 0 atom stereocenters. The van der Waals surface area contributed by atoms with Crippen molar-refractivity contribution in [1.82, 2.24) is 15.2 Å². The van der Waals surface area contributed by atoms with Gasteiger partial charge >= 0.3 is 0 Å². The van der Waals surface area contributed by atoms with Crippen LogP contribution < -0.4 is 10.1 Å². The third kappa shape index (κ3) is 2.94. The zero-order chi connectivity index (χ0) is 12.1. The topological polar surface area (TPSA) is 54.5 Å². The highest BCUT2D eigenvalue weighted by atomic mass is 16.5. The third-order valence-corrected chi connectivity index (χ3v) is 2.68. The number of piperazine rings is 1. The minimum atomic E-state index is 0.0508. The minimum absolute atomic E-state index is 0.0508. The molecule has 1 saturated heterocycles. The Morgan fingerprint density at radius 1 is 1.53 bits per heavy atom. The Balaban J connectivity index is 2.09. The van der Waals surface area contributed by atoms with Crippen LogP contribution in [0.1, 0.15) is 17.3 Å². The first-order valence-electron chi connectivity index (χ1n) is 5.90. The van der Waals surface area contributed by atoms with Crippen molar-refractivity contribution in [3.05, 3.63) is 23.9 Å². The molecule has 0 spiro atoms. The van der Waals surface area contributed by atoms with Gasteiger partial charge in [0.15, 0.2) is 0 Å². The van der Waals surface area contributed by atoms with Crippen molar-refractivity contribution in [3.8, 4) is 5.88 Å². The molecule has 1 aliphatic heterocycles. The molecule has 5 nitrogen and oxygen atoms in total. The van der Waals surface area contributed by atoms with Crippen molar-refractivity contribution < 1.29 is 9.53 Å². The van der Waals surface area contributed by atoms with Crippen molar-refractivity contribution in [1.29, 1.82) is 0 Å². The predicted octanol–water partition coefficient (Wildman–Crippen LogP) is 0.526. The predicted molar refractivity (Wildman–Crippen MR) is 64.2 cm³/mol. The Morgan fingerprint density at radius 2 is 2.29 bits per heavy atom. The second-order valence-electron chi connectivity index (χ2n) is 3.86. The first-order chi connectivity index (χ1) is 8.31. The van der Waals surface area contributed by atoms with Crippen LogP contribution in [0.2, 0.25) is 0 Å². The summed E-state index contributed by atoms with van der Waals surface area (Å²) in [4.78, 5) is 18.1. The molecule has 1 aromatic heterocycles. The highest BCUT2D eigenvalue weighted by Gasteiger charge is 2.18. The second kappa shape index (κ2) is 5.63. The molecule has 5 heteroatoms. The first kappa shape index (κ1) is 11.9. The van der Waals surface area contributed by atoms with Gasteiger partial charge in [-0.3, -0.25) is 4.79 Å². The molecule has 2 heterocycles. The van der Waals surface area contributed by atoms with Crippen LogP contribution in [-0.2, 0) is 0 Å². The summed E-state index contributed by atoms with van der Waals surface area (Å²) in [5.41, 5.74) is 0.644. The summed E-state index contributed by atoms with van der Waals surface area (Å²) in [6, 6.07) is 3.43. The summed E-state index contributed by atoms with van der Waals surface area (Å²) in [5.74, 6) is 0.559. The van der Waals surface area contributed by atoms with E-state index in [4.69, 9.17) is 4.74 Å². The maximum Gasteiger partial charge on any atom is 0.254 e. The average molecular weight is 235 g/mol. The molecule has 1 amide bonds. The smallest absolute Gasteiger partial charge is 0.254 e. The second-order valence-corrected chi connectivity index (χ2v) is 3.86. The van der Waals surface area contributed by atoms with Gasteiger partial charge in [0.1, 0.15) is 0 Å². The lowest BCUT2D eigenvalue weighted by molar-refractivity contribution is 0.0735. The van der Waals surface area contributed by atoms with Crippen LogP contribution in [0.4, 0.5) is 0 Å². The number of hydrogen-bond acceptors (Lipinski definition) is 4. The van der Waals surface area contributed by atoms with Crippen LogP contribution in [0, 0.1) is 0 Å². The first-order valence-corrected chi connectivity index (χ1v) is 5.90. The summed E-state index contributed by atoms with van der Waals surface area (Å²) in [6.07, 6.45) is 1.61. The maximum absolute atomic E-state index is 12.2. The molecule has 0 bridgehead atoms. The lowest BCUT2D eigenvalue weighted by Crippen LogP contribution is -2.46. The zero-order valence-corrected chi connectivity index (χ0v) is 9.98. The third-order valence-electron chi connectivity index (χ3n) is 2.68. The quantitative estimate of drug-likeness (QED) is 0.830. The molecule has 17 heavy (non-hydrogen) atoms. The number of amides is 1. The summed E-state index contributed by atoms with van der Waals surface area (Å²) < 4.78 is 5.29. The fourth-order valence-electron chi connectivity index (χ4n) is 1.82. The van der Waals surface area contributed by atoms with E-state index in [1.807, 2.05) is 11.8 Å². The summed E-state index contributed by atoms with van der Waals surface area (Å²) in [6.45, 7) is 5.67. The van der Waals surface area contributed by atoms with E-state index < -0.39 is 0 Å². The fraction of sp³-hybridized carbons (Fsp3) is 0.500. The number of rotatable bonds is 3. The molecule has 0 aliphatic carbocycles. The maximum atomic E-state index is 12.2. The highest BCUT2D eigenvalue weighted by Crippen LogP contribution is 2.12. The van der Waals surface area contributed by atoms with Crippen LogP contribution in [0.15, 0.2) is 18.3 Å². The van der Waals surface area contributed by atoms with Gasteiger partial charge in [-0.25, -0.2) is 4.98 Å². The van der Waals surface area contributed by atoms with E-state index in [1.54, 1.807) is 18.3 Å². The fourth-order valence-corrected chi connectivity index (χ4v) is 1.82. The molecule has 1 aromatic rings. The summed E-state index contributed by atoms with van der Waals surface area (Å²) in [5, 5.41) is 3.22. The SMILES string of the molecule is CCOc1cc(C(=O)N2CCNCC2)ccn1. The summed E-state index contributed by atoms with van der Waals surface area (Å²) in [7, 11) is 0. The Kier molecular flexibility index (Phi) is 3.93. The molecular formula is C12H17N3O2. The van der Waals surface area contributed by atoms with Crippen molar-refractivity contribution >= 4 is 5.91 Å². The van der Waals surface area contributed by atoms with Gasteiger partial charge in [0.25, 0.3) is 5.91 Å². The molecule has 0 aromatic carbocycles. The van der Waals surface area contributed by atoms with Gasteiger partial charge in [0, 0.05) is 44.0 Å².